The van der Waals surface area contributed by atoms with Crippen molar-refractivity contribution < 1.29 is 14.3 Å². The number of nitrogens with one attached hydrogen (secondary N) is 1. The van der Waals surface area contributed by atoms with Gasteiger partial charge in [0.1, 0.15) is 34.4 Å². The number of carbonyl (C=O) groups excluding carboxylic acids is 1. The lowest BCUT2D eigenvalue weighted by atomic mass is 10.1. The molecule has 0 bridgehead atoms. The summed E-state index contributed by atoms with van der Waals surface area (Å²) in [5.74, 6) is 0.314. The number of fused-ring (bicyclic) bond motifs is 1. The Labute approximate surface area is 195 Å². The van der Waals surface area contributed by atoms with Crippen LogP contribution in [0.2, 0.25) is 0 Å². The predicted octanol–water partition coefficient (Wildman–Crippen LogP) is 4.35. The van der Waals surface area contributed by atoms with Crippen molar-refractivity contribution in [3.63, 3.8) is 0 Å². The molecule has 0 aliphatic heterocycles. The molecular formula is C26H20N4O4. The molecule has 4 rings (SSSR count). The molecule has 0 unspecified atom stereocenters. The zero-order valence-corrected chi connectivity index (χ0v) is 18.5. The maximum Gasteiger partial charge on any atom is 0.269 e. The third-order valence-corrected chi connectivity index (χ3v) is 4.95. The summed E-state index contributed by atoms with van der Waals surface area (Å²) in [6.45, 7) is 1.94. The van der Waals surface area contributed by atoms with Crippen molar-refractivity contribution >= 4 is 23.3 Å². The van der Waals surface area contributed by atoms with Crippen LogP contribution in [-0.4, -0.2) is 22.4 Å². The van der Waals surface area contributed by atoms with Crippen LogP contribution in [0.15, 0.2) is 83.3 Å². The topological polar surface area (TPSA) is 106 Å². The lowest BCUT2D eigenvalue weighted by molar-refractivity contribution is -0.112. The van der Waals surface area contributed by atoms with Crippen molar-refractivity contribution in [3.8, 4) is 23.4 Å². The smallest absolute Gasteiger partial charge is 0.269 e. The van der Waals surface area contributed by atoms with E-state index in [1.54, 1.807) is 60.8 Å². The van der Waals surface area contributed by atoms with Gasteiger partial charge in [-0.3, -0.25) is 14.0 Å². The van der Waals surface area contributed by atoms with E-state index in [9.17, 15) is 14.9 Å². The highest BCUT2D eigenvalue weighted by Crippen LogP contribution is 2.25. The molecule has 4 aromatic rings. The predicted molar refractivity (Wildman–Crippen MR) is 128 cm³/mol. The second-order valence-electron chi connectivity index (χ2n) is 7.34. The first-order valence-electron chi connectivity index (χ1n) is 10.3. The molecule has 2 aromatic carbocycles. The van der Waals surface area contributed by atoms with Crippen LogP contribution in [0.4, 0.5) is 5.69 Å². The summed E-state index contributed by atoms with van der Waals surface area (Å²) in [7, 11) is 1.51. The Morgan fingerprint density at radius 2 is 1.88 bits per heavy atom. The number of nitrogens with zero attached hydrogens (tertiary/aromatic N) is 3. The number of hydrogen-bond donors (Lipinski definition) is 1. The second kappa shape index (κ2) is 9.71. The molecule has 168 valence electrons. The molecule has 0 saturated carbocycles. The van der Waals surface area contributed by atoms with E-state index < -0.39 is 11.5 Å². The van der Waals surface area contributed by atoms with Gasteiger partial charge in [-0.2, -0.15) is 10.2 Å². The number of amides is 1. The third kappa shape index (κ3) is 4.79. The van der Waals surface area contributed by atoms with Crippen molar-refractivity contribution in [1.29, 1.82) is 5.26 Å². The van der Waals surface area contributed by atoms with Crippen molar-refractivity contribution in [1.82, 2.24) is 9.38 Å². The fourth-order valence-corrected chi connectivity index (χ4v) is 3.19. The van der Waals surface area contributed by atoms with Gasteiger partial charge >= 0.3 is 0 Å². The number of hydrogen-bond acceptors (Lipinski definition) is 6. The molecule has 8 nitrogen and oxygen atoms in total. The maximum atomic E-state index is 13.3. The van der Waals surface area contributed by atoms with Gasteiger partial charge < -0.3 is 14.8 Å². The van der Waals surface area contributed by atoms with E-state index in [-0.39, 0.29) is 17.0 Å². The third-order valence-electron chi connectivity index (χ3n) is 4.95. The number of ether oxygens (including phenoxy) is 2. The summed E-state index contributed by atoms with van der Waals surface area (Å²) in [5, 5.41) is 12.3. The number of aryl methyl sites for hydroxylation is 1. The van der Waals surface area contributed by atoms with Crippen LogP contribution in [-0.2, 0) is 4.79 Å². The van der Waals surface area contributed by atoms with Gasteiger partial charge in [0.15, 0.2) is 0 Å². The highest BCUT2D eigenvalue weighted by atomic mass is 16.5. The van der Waals surface area contributed by atoms with E-state index in [4.69, 9.17) is 9.47 Å². The molecule has 0 atom stereocenters. The lowest BCUT2D eigenvalue weighted by Gasteiger charge is -2.11. The highest BCUT2D eigenvalue weighted by molar-refractivity contribution is 6.09. The summed E-state index contributed by atoms with van der Waals surface area (Å²) in [6.07, 6.45) is 2.74. The monoisotopic (exact) mass is 452 g/mol. The number of rotatable bonds is 6. The van der Waals surface area contributed by atoms with Crippen molar-refractivity contribution in [2.45, 2.75) is 6.92 Å². The minimum absolute atomic E-state index is 0.0121. The average molecular weight is 452 g/mol. The number of benzene rings is 2. The van der Waals surface area contributed by atoms with Gasteiger partial charge in [-0.15, -0.1) is 0 Å². The first-order valence-corrected chi connectivity index (χ1v) is 10.3. The zero-order chi connectivity index (χ0) is 24.1. The Hall–Kier alpha value is -4.90. The molecule has 1 N–H and O–H groups in total. The van der Waals surface area contributed by atoms with E-state index in [1.807, 2.05) is 25.1 Å². The lowest BCUT2D eigenvalue weighted by Crippen LogP contribution is -2.20. The average Bonchev–Trinajstić information content (AvgIpc) is 2.85. The number of anilines is 1. The normalized spacial score (nSPS) is 11.0. The van der Waals surface area contributed by atoms with Gasteiger partial charge in [0.05, 0.1) is 7.11 Å². The number of methoxy groups -OCH3 is 1. The van der Waals surface area contributed by atoms with Crippen LogP contribution in [0, 0.1) is 18.3 Å². The molecule has 0 aliphatic rings. The van der Waals surface area contributed by atoms with Crippen LogP contribution in [0.1, 0.15) is 11.1 Å². The molecule has 1 amide bonds. The molecule has 2 aromatic heterocycles. The number of carbonyl (C=O) groups is 1. The van der Waals surface area contributed by atoms with E-state index in [1.165, 1.54) is 17.6 Å². The molecule has 0 aliphatic carbocycles. The van der Waals surface area contributed by atoms with Gasteiger partial charge in [0, 0.05) is 18.0 Å². The first-order chi connectivity index (χ1) is 16.5. The second-order valence-corrected chi connectivity index (χ2v) is 7.34. The Morgan fingerprint density at radius 3 is 2.62 bits per heavy atom. The van der Waals surface area contributed by atoms with Gasteiger partial charge in [0.2, 0.25) is 5.88 Å². The van der Waals surface area contributed by atoms with Crippen molar-refractivity contribution in [2.24, 2.45) is 0 Å². The standard InChI is InChI=1S/C26H20N4O4/c1-17-9-11-20(12-10-17)34-25-22(26(32)30-13-4-3-8-23(30)29-25)14-18(16-27)24(31)28-19-6-5-7-21(15-19)33-2/h3-15H,1-2H3,(H,28,31)/b18-14-. The molecular weight excluding hydrogens is 432 g/mol. The van der Waals surface area contributed by atoms with E-state index in [2.05, 4.69) is 10.3 Å². The number of pyridine rings is 1. The minimum atomic E-state index is -0.686. The highest BCUT2D eigenvalue weighted by Gasteiger charge is 2.17. The van der Waals surface area contributed by atoms with Gasteiger partial charge in [-0.1, -0.05) is 29.8 Å². The van der Waals surface area contributed by atoms with Gasteiger partial charge in [-0.25, -0.2) is 0 Å². The fraction of sp³-hybridized carbons (Fsp3) is 0.0769. The van der Waals surface area contributed by atoms with Crippen molar-refractivity contribution in [2.75, 3.05) is 12.4 Å². The molecule has 0 spiro atoms. The Morgan fingerprint density at radius 1 is 1.09 bits per heavy atom. The van der Waals surface area contributed by atoms with Crippen LogP contribution in [0.25, 0.3) is 11.7 Å². The van der Waals surface area contributed by atoms with Crippen molar-refractivity contribution in [3.05, 3.63) is 100.0 Å². The summed E-state index contributed by atoms with van der Waals surface area (Å²) in [5.41, 5.74) is 1.06. The summed E-state index contributed by atoms with van der Waals surface area (Å²) in [6, 6.07) is 20.9. The van der Waals surface area contributed by atoms with E-state index >= 15 is 0 Å². The fourth-order valence-electron chi connectivity index (χ4n) is 3.19. The largest absolute Gasteiger partial charge is 0.497 e. The van der Waals surface area contributed by atoms with Crippen LogP contribution in [0.3, 0.4) is 0 Å². The van der Waals surface area contributed by atoms with Crippen LogP contribution >= 0.6 is 0 Å². The molecule has 8 heteroatoms. The van der Waals surface area contributed by atoms with Crippen LogP contribution in [0.5, 0.6) is 17.4 Å². The molecule has 2 heterocycles. The zero-order valence-electron chi connectivity index (χ0n) is 18.5. The Bertz CT molecular complexity index is 1500. The van der Waals surface area contributed by atoms with Gasteiger partial charge in [0.25, 0.3) is 11.5 Å². The molecule has 0 fully saturated rings. The van der Waals surface area contributed by atoms with Crippen LogP contribution < -0.4 is 20.3 Å². The first kappa shape index (κ1) is 22.3. The summed E-state index contributed by atoms with van der Waals surface area (Å²) < 4.78 is 12.4. The summed E-state index contributed by atoms with van der Waals surface area (Å²) >= 11 is 0. The Kier molecular flexibility index (Phi) is 6.37. The number of aromatic nitrogens is 2. The van der Waals surface area contributed by atoms with E-state index in [0.29, 0.717) is 22.8 Å². The minimum Gasteiger partial charge on any atom is -0.497 e. The quantitative estimate of drug-likeness (QED) is 0.344. The number of nitriles is 1. The maximum absolute atomic E-state index is 13.3. The van der Waals surface area contributed by atoms with Gasteiger partial charge in [-0.05, 0) is 49.4 Å². The molecule has 34 heavy (non-hydrogen) atoms. The summed E-state index contributed by atoms with van der Waals surface area (Å²) in [4.78, 5) is 30.5. The molecule has 0 radical (unpaired) electrons. The molecule has 0 saturated heterocycles. The van der Waals surface area contributed by atoms with E-state index in [0.717, 1.165) is 5.56 Å². The SMILES string of the molecule is COc1cccc(NC(=O)/C(C#N)=C\c2c(Oc3ccc(C)cc3)nc3ccccn3c2=O)c1. The Balaban J connectivity index is 1.78.